The van der Waals surface area contributed by atoms with E-state index in [4.69, 9.17) is 0 Å². The van der Waals surface area contributed by atoms with Crippen LogP contribution in [0, 0.1) is 17.8 Å². The van der Waals surface area contributed by atoms with Crippen LogP contribution in [-0.2, 0) is 19.2 Å². The Morgan fingerprint density at radius 2 is 1.46 bits per heavy atom. The SMILES string of the molecule is CCCCCC(=O)N[C@H](C(=O)N[C@@H](CCC(=O)N(C)C)C(=O)N[C@@H](CC(C)C)[C@@H](O)[C@H](C)CC)C(C)C. The second-order valence-electron chi connectivity index (χ2n) is 11.3. The van der Waals surface area contributed by atoms with Crippen LogP contribution < -0.4 is 16.0 Å². The molecule has 37 heavy (non-hydrogen) atoms. The molecule has 0 rings (SSSR count). The maximum atomic E-state index is 13.4. The smallest absolute Gasteiger partial charge is 0.243 e. The predicted molar refractivity (Wildman–Crippen MR) is 148 cm³/mol. The number of carbonyl (C=O) groups excluding carboxylic acids is 4. The van der Waals surface area contributed by atoms with Crippen LogP contribution in [0.5, 0.6) is 0 Å². The van der Waals surface area contributed by atoms with E-state index in [1.807, 2.05) is 41.5 Å². The number of hydrogen-bond donors (Lipinski definition) is 4. The molecule has 9 nitrogen and oxygen atoms in total. The van der Waals surface area contributed by atoms with Gasteiger partial charge in [-0.15, -0.1) is 0 Å². The van der Waals surface area contributed by atoms with Gasteiger partial charge in [-0.2, -0.15) is 0 Å². The minimum absolute atomic E-state index is 0.0133. The zero-order chi connectivity index (χ0) is 28.7. The van der Waals surface area contributed by atoms with E-state index in [2.05, 4.69) is 22.9 Å². The van der Waals surface area contributed by atoms with Crippen LogP contribution >= 0.6 is 0 Å². The van der Waals surface area contributed by atoms with Crippen LogP contribution in [0.4, 0.5) is 0 Å². The highest BCUT2D eigenvalue weighted by Crippen LogP contribution is 2.18. The highest BCUT2D eigenvalue weighted by molar-refractivity contribution is 5.92. The summed E-state index contributed by atoms with van der Waals surface area (Å²) < 4.78 is 0. The van der Waals surface area contributed by atoms with Gasteiger partial charge in [0, 0.05) is 26.9 Å². The van der Waals surface area contributed by atoms with Crippen LogP contribution in [0.2, 0.25) is 0 Å². The number of aliphatic hydroxyl groups is 1. The van der Waals surface area contributed by atoms with E-state index in [-0.39, 0.29) is 42.4 Å². The van der Waals surface area contributed by atoms with E-state index < -0.39 is 36.0 Å². The summed E-state index contributed by atoms with van der Waals surface area (Å²) in [6.07, 6.45) is 3.82. The largest absolute Gasteiger partial charge is 0.391 e. The van der Waals surface area contributed by atoms with Gasteiger partial charge in [0.2, 0.25) is 23.6 Å². The minimum Gasteiger partial charge on any atom is -0.391 e. The van der Waals surface area contributed by atoms with Gasteiger partial charge in [0.25, 0.3) is 0 Å². The van der Waals surface area contributed by atoms with Crippen molar-refractivity contribution in [2.75, 3.05) is 14.1 Å². The summed E-state index contributed by atoms with van der Waals surface area (Å²) >= 11 is 0. The number of amides is 4. The van der Waals surface area contributed by atoms with Crippen molar-refractivity contribution in [1.29, 1.82) is 0 Å². The molecule has 216 valence electrons. The molecule has 0 fully saturated rings. The molecule has 4 N–H and O–H groups in total. The summed E-state index contributed by atoms with van der Waals surface area (Å²) in [6, 6.07) is -2.26. The van der Waals surface area contributed by atoms with E-state index in [0.29, 0.717) is 12.8 Å². The molecule has 0 spiro atoms. The van der Waals surface area contributed by atoms with Crippen LogP contribution in [0.1, 0.15) is 99.8 Å². The van der Waals surface area contributed by atoms with Gasteiger partial charge in [-0.1, -0.05) is 67.7 Å². The molecule has 0 aliphatic rings. The molecule has 0 saturated heterocycles. The van der Waals surface area contributed by atoms with Gasteiger partial charge in [-0.05, 0) is 37.0 Å². The molecule has 4 amide bonds. The summed E-state index contributed by atoms with van der Waals surface area (Å²) in [5, 5.41) is 19.4. The number of carbonyl (C=O) groups is 4. The first-order valence-corrected chi connectivity index (χ1v) is 14.0. The lowest BCUT2D eigenvalue weighted by Crippen LogP contribution is -2.57. The Morgan fingerprint density at radius 1 is 0.838 bits per heavy atom. The molecule has 0 aliphatic carbocycles. The van der Waals surface area contributed by atoms with Crippen LogP contribution in [0.3, 0.4) is 0 Å². The van der Waals surface area contributed by atoms with Gasteiger partial charge in [0.05, 0.1) is 12.1 Å². The Balaban J connectivity index is 5.71. The Bertz CT molecular complexity index is 711. The van der Waals surface area contributed by atoms with Gasteiger partial charge in [0.1, 0.15) is 12.1 Å². The monoisotopic (exact) mass is 526 g/mol. The molecule has 0 heterocycles. The summed E-state index contributed by atoms with van der Waals surface area (Å²) in [7, 11) is 3.28. The van der Waals surface area contributed by atoms with Crippen molar-refractivity contribution in [2.45, 2.75) is 124 Å². The lowest BCUT2D eigenvalue weighted by atomic mass is 9.90. The summed E-state index contributed by atoms with van der Waals surface area (Å²) in [4.78, 5) is 52.8. The predicted octanol–water partition coefficient (Wildman–Crippen LogP) is 3.00. The van der Waals surface area contributed by atoms with Crippen molar-refractivity contribution in [3.8, 4) is 0 Å². The lowest BCUT2D eigenvalue weighted by Gasteiger charge is -2.31. The second kappa shape index (κ2) is 18.2. The number of unbranched alkanes of at least 4 members (excludes halogenated alkanes) is 2. The summed E-state index contributed by atoms with van der Waals surface area (Å²) in [6.45, 7) is 13.7. The standard InChI is InChI=1S/C28H54N4O5/c1-10-12-13-14-23(33)31-25(19(5)6)28(37)29-21(15-16-24(34)32(8)9)27(36)30-22(17-18(3)4)26(35)20(7)11-2/h18-22,25-26,35H,10-17H2,1-9H3,(H,29,37)(H,30,36)(H,31,33)/t20-,21+,22+,25+,26+/m1/s1. The molecule has 0 saturated carbocycles. The third-order valence-electron chi connectivity index (χ3n) is 6.74. The molecule has 5 atom stereocenters. The van der Waals surface area contributed by atoms with Crippen LogP contribution in [-0.4, -0.2) is 72.0 Å². The topological polar surface area (TPSA) is 128 Å². The first-order valence-electron chi connectivity index (χ1n) is 14.0. The summed E-state index contributed by atoms with van der Waals surface area (Å²) in [5.74, 6) is -1.22. The Morgan fingerprint density at radius 3 is 1.95 bits per heavy atom. The Kier molecular flexibility index (Phi) is 17.1. The molecular weight excluding hydrogens is 472 g/mol. The van der Waals surface area contributed by atoms with Crippen molar-refractivity contribution in [2.24, 2.45) is 17.8 Å². The first-order chi connectivity index (χ1) is 17.2. The first kappa shape index (κ1) is 34.8. The van der Waals surface area contributed by atoms with Gasteiger partial charge in [0.15, 0.2) is 0 Å². The molecule has 0 aromatic carbocycles. The molecule has 0 unspecified atom stereocenters. The fraction of sp³-hybridized carbons (Fsp3) is 0.857. The second-order valence-corrected chi connectivity index (χ2v) is 11.3. The molecule has 0 radical (unpaired) electrons. The molecule has 0 aromatic heterocycles. The minimum atomic E-state index is -0.978. The van der Waals surface area contributed by atoms with Gasteiger partial charge in [-0.25, -0.2) is 0 Å². The average molecular weight is 527 g/mol. The lowest BCUT2D eigenvalue weighted by molar-refractivity contribution is -0.134. The van der Waals surface area contributed by atoms with E-state index in [9.17, 15) is 24.3 Å². The van der Waals surface area contributed by atoms with Crippen molar-refractivity contribution < 1.29 is 24.3 Å². The van der Waals surface area contributed by atoms with Crippen molar-refractivity contribution in [3.63, 3.8) is 0 Å². The van der Waals surface area contributed by atoms with E-state index in [0.717, 1.165) is 25.7 Å². The molecule has 0 aromatic rings. The maximum absolute atomic E-state index is 13.4. The fourth-order valence-electron chi connectivity index (χ4n) is 4.05. The van der Waals surface area contributed by atoms with Crippen molar-refractivity contribution >= 4 is 23.6 Å². The Labute approximate surface area is 224 Å². The highest BCUT2D eigenvalue weighted by Gasteiger charge is 2.32. The number of hydrogen-bond acceptors (Lipinski definition) is 5. The quantitative estimate of drug-likeness (QED) is 0.204. The molecule has 0 aliphatic heterocycles. The summed E-state index contributed by atoms with van der Waals surface area (Å²) in [5.41, 5.74) is 0. The number of nitrogens with one attached hydrogen (secondary N) is 3. The third kappa shape index (κ3) is 13.8. The van der Waals surface area contributed by atoms with Crippen LogP contribution in [0.25, 0.3) is 0 Å². The molecular formula is C28H54N4O5. The van der Waals surface area contributed by atoms with Crippen molar-refractivity contribution in [1.82, 2.24) is 20.9 Å². The van der Waals surface area contributed by atoms with Crippen molar-refractivity contribution in [3.05, 3.63) is 0 Å². The number of nitrogens with zero attached hydrogens (tertiary/aromatic N) is 1. The zero-order valence-electron chi connectivity index (χ0n) is 24.7. The number of rotatable bonds is 18. The van der Waals surface area contributed by atoms with Gasteiger partial charge in [-0.3, -0.25) is 19.2 Å². The van der Waals surface area contributed by atoms with E-state index in [1.54, 1.807) is 14.1 Å². The average Bonchev–Trinajstić information content (AvgIpc) is 2.82. The zero-order valence-corrected chi connectivity index (χ0v) is 24.7. The fourth-order valence-corrected chi connectivity index (χ4v) is 4.05. The normalized spacial score (nSPS) is 15.5. The number of aliphatic hydroxyl groups excluding tert-OH is 1. The molecule has 9 heteroatoms. The van der Waals surface area contributed by atoms with Crippen LogP contribution in [0.15, 0.2) is 0 Å². The van der Waals surface area contributed by atoms with E-state index in [1.165, 1.54) is 4.90 Å². The third-order valence-corrected chi connectivity index (χ3v) is 6.74. The van der Waals surface area contributed by atoms with Gasteiger partial charge < -0.3 is 26.0 Å². The highest BCUT2D eigenvalue weighted by atomic mass is 16.3. The maximum Gasteiger partial charge on any atom is 0.243 e. The van der Waals surface area contributed by atoms with E-state index >= 15 is 0 Å². The Hall–Kier alpha value is -2.16. The molecule has 0 bridgehead atoms. The van der Waals surface area contributed by atoms with Gasteiger partial charge >= 0.3 is 0 Å².